The Bertz CT molecular complexity index is 508. The van der Waals surface area contributed by atoms with Crippen LogP contribution in [0, 0.1) is 23.2 Å². The number of hydrogen-bond acceptors (Lipinski definition) is 4. The average molecular weight is 217 g/mol. The second kappa shape index (κ2) is 4.72. The van der Waals surface area contributed by atoms with Gasteiger partial charge >= 0.3 is 5.97 Å². The maximum Gasteiger partial charge on any atom is 0.335 e. The maximum absolute atomic E-state index is 10.6. The maximum atomic E-state index is 10.6. The highest BCUT2D eigenvalue weighted by molar-refractivity contribution is 5.89. The molecule has 0 amide bonds. The van der Waals surface area contributed by atoms with Gasteiger partial charge in [0.15, 0.2) is 0 Å². The van der Waals surface area contributed by atoms with E-state index < -0.39 is 17.5 Å². The molecule has 5 heteroatoms. The molecule has 5 nitrogen and oxygen atoms in total. The molecular formula is C11H7NO4. The number of carboxylic acids is 1. The first-order chi connectivity index (χ1) is 7.56. The summed E-state index contributed by atoms with van der Waals surface area (Å²) in [4.78, 5) is 10.6. The summed E-state index contributed by atoms with van der Waals surface area (Å²) in [6.07, 6.45) is -0.0421. The molecule has 0 radical (unpaired) electrons. The molecule has 3 N–H and O–H groups in total. The molecule has 0 saturated carbocycles. The van der Waals surface area contributed by atoms with Crippen LogP contribution in [0.2, 0.25) is 0 Å². The molecule has 1 aromatic carbocycles. The van der Waals surface area contributed by atoms with Crippen LogP contribution in [-0.4, -0.2) is 21.3 Å². The predicted octanol–water partition coefficient (Wildman–Crippen LogP) is 1.06. The summed E-state index contributed by atoms with van der Waals surface area (Å²) in [6, 6.07) is 3.74. The van der Waals surface area contributed by atoms with Crippen molar-refractivity contribution in [3.63, 3.8) is 0 Å². The van der Waals surface area contributed by atoms with Crippen molar-refractivity contribution < 1.29 is 20.1 Å². The van der Waals surface area contributed by atoms with E-state index >= 15 is 0 Å². The molecule has 0 aliphatic heterocycles. The molecule has 0 spiro atoms. The third kappa shape index (κ3) is 2.43. The number of carbonyl (C=O) groups is 1. The molecule has 0 aliphatic carbocycles. The number of benzene rings is 1. The van der Waals surface area contributed by atoms with Gasteiger partial charge in [-0.2, -0.15) is 5.26 Å². The Labute approximate surface area is 91.2 Å². The largest absolute Gasteiger partial charge is 0.506 e. The zero-order valence-corrected chi connectivity index (χ0v) is 8.06. The molecule has 0 aliphatic rings. The van der Waals surface area contributed by atoms with E-state index in [4.69, 9.17) is 10.4 Å². The van der Waals surface area contributed by atoms with Crippen LogP contribution in [0.1, 0.15) is 22.3 Å². The summed E-state index contributed by atoms with van der Waals surface area (Å²) in [5.41, 5.74) is -0.318. The number of rotatable bonds is 1. The van der Waals surface area contributed by atoms with Gasteiger partial charge in [0, 0.05) is 0 Å². The second-order valence-corrected chi connectivity index (χ2v) is 2.83. The van der Waals surface area contributed by atoms with Gasteiger partial charge in [0.1, 0.15) is 17.1 Å². The zero-order chi connectivity index (χ0) is 12.1. The van der Waals surface area contributed by atoms with Gasteiger partial charge in [-0.25, -0.2) is 4.79 Å². The summed E-state index contributed by atoms with van der Waals surface area (Å²) >= 11 is 0. The highest BCUT2D eigenvalue weighted by Crippen LogP contribution is 2.27. The lowest BCUT2D eigenvalue weighted by atomic mass is 10.1. The average Bonchev–Trinajstić information content (AvgIpc) is 2.21. The Kier molecular flexibility index (Phi) is 3.37. The summed E-state index contributed by atoms with van der Waals surface area (Å²) in [5.74, 6) is 2.67. The minimum absolute atomic E-state index is 0.0421. The van der Waals surface area contributed by atoms with Crippen molar-refractivity contribution in [2.24, 2.45) is 0 Å². The number of aromatic carboxylic acids is 1. The third-order valence-corrected chi connectivity index (χ3v) is 1.72. The topological polar surface area (TPSA) is 102 Å². The second-order valence-electron chi connectivity index (χ2n) is 2.83. The van der Waals surface area contributed by atoms with E-state index in [-0.39, 0.29) is 17.5 Å². The van der Waals surface area contributed by atoms with Crippen LogP contribution < -0.4 is 0 Å². The number of nitriles is 1. The van der Waals surface area contributed by atoms with Crippen LogP contribution in [-0.2, 0) is 0 Å². The summed E-state index contributed by atoms with van der Waals surface area (Å²) in [5, 5.41) is 35.7. The SMILES string of the molecule is N#CCC#Cc1c(O)cc(C(=O)O)cc1O. The van der Waals surface area contributed by atoms with E-state index in [0.29, 0.717) is 0 Å². The third-order valence-electron chi connectivity index (χ3n) is 1.72. The lowest BCUT2D eigenvalue weighted by Gasteiger charge is -2.02. The van der Waals surface area contributed by atoms with Gasteiger partial charge in [-0.05, 0) is 12.1 Å². The number of aromatic hydroxyl groups is 2. The normalized spacial score (nSPS) is 8.69. The Morgan fingerprint density at radius 2 is 1.88 bits per heavy atom. The van der Waals surface area contributed by atoms with Crippen molar-refractivity contribution in [1.82, 2.24) is 0 Å². The lowest BCUT2D eigenvalue weighted by molar-refractivity contribution is 0.0696. The zero-order valence-electron chi connectivity index (χ0n) is 8.06. The Morgan fingerprint density at radius 3 is 2.31 bits per heavy atom. The van der Waals surface area contributed by atoms with Gasteiger partial charge in [0.25, 0.3) is 0 Å². The molecule has 80 valence electrons. The van der Waals surface area contributed by atoms with Gasteiger partial charge in [-0.3, -0.25) is 0 Å². The van der Waals surface area contributed by atoms with E-state index in [2.05, 4.69) is 11.8 Å². The predicted molar refractivity (Wildman–Crippen MR) is 53.8 cm³/mol. The molecule has 0 saturated heterocycles. The van der Waals surface area contributed by atoms with Crippen molar-refractivity contribution in [3.05, 3.63) is 23.3 Å². The molecule has 1 rings (SSSR count). The minimum atomic E-state index is -1.26. The van der Waals surface area contributed by atoms with Crippen molar-refractivity contribution >= 4 is 5.97 Å². The monoisotopic (exact) mass is 217 g/mol. The van der Waals surface area contributed by atoms with Crippen molar-refractivity contribution in [2.45, 2.75) is 6.42 Å². The van der Waals surface area contributed by atoms with Crippen LogP contribution >= 0.6 is 0 Å². The van der Waals surface area contributed by atoms with Gasteiger partial charge in [0.2, 0.25) is 0 Å². The number of hydrogen-bond donors (Lipinski definition) is 3. The first-order valence-corrected chi connectivity index (χ1v) is 4.21. The quantitative estimate of drug-likeness (QED) is 0.610. The van der Waals surface area contributed by atoms with E-state index in [1.165, 1.54) is 0 Å². The fourth-order valence-corrected chi connectivity index (χ4v) is 1.04. The molecular weight excluding hydrogens is 210 g/mol. The van der Waals surface area contributed by atoms with E-state index in [9.17, 15) is 15.0 Å². The number of nitrogens with zero attached hydrogens (tertiary/aromatic N) is 1. The van der Waals surface area contributed by atoms with E-state index in [1.54, 1.807) is 6.07 Å². The van der Waals surface area contributed by atoms with Crippen LogP contribution in [0.5, 0.6) is 11.5 Å². The lowest BCUT2D eigenvalue weighted by Crippen LogP contribution is -1.96. The molecule has 0 atom stereocenters. The molecule has 0 fully saturated rings. The first-order valence-electron chi connectivity index (χ1n) is 4.21. The molecule has 0 unspecified atom stereocenters. The van der Waals surface area contributed by atoms with Crippen molar-refractivity contribution in [3.8, 4) is 29.4 Å². The Morgan fingerprint density at radius 1 is 1.31 bits per heavy atom. The van der Waals surface area contributed by atoms with Crippen molar-refractivity contribution in [2.75, 3.05) is 0 Å². The summed E-state index contributed by atoms with van der Waals surface area (Å²) in [6.45, 7) is 0. The molecule has 0 bridgehead atoms. The fraction of sp³-hybridized carbons (Fsp3) is 0.0909. The van der Waals surface area contributed by atoms with Crippen LogP contribution in [0.25, 0.3) is 0 Å². The van der Waals surface area contributed by atoms with E-state index in [1.807, 2.05) is 0 Å². The van der Waals surface area contributed by atoms with Crippen LogP contribution in [0.15, 0.2) is 12.1 Å². The molecule has 0 aromatic heterocycles. The highest BCUT2D eigenvalue weighted by Gasteiger charge is 2.11. The minimum Gasteiger partial charge on any atom is -0.506 e. The first kappa shape index (κ1) is 11.4. The van der Waals surface area contributed by atoms with Gasteiger partial charge in [-0.1, -0.05) is 11.8 Å². The van der Waals surface area contributed by atoms with Crippen molar-refractivity contribution in [1.29, 1.82) is 5.26 Å². The number of phenolic OH excluding ortho intramolecular Hbond substituents is 2. The molecule has 16 heavy (non-hydrogen) atoms. The highest BCUT2D eigenvalue weighted by atomic mass is 16.4. The fourth-order valence-electron chi connectivity index (χ4n) is 1.04. The molecule has 1 aromatic rings. The number of carboxylic acid groups (broad SMARTS) is 1. The number of phenols is 2. The van der Waals surface area contributed by atoms with Gasteiger partial charge in [0.05, 0.1) is 18.1 Å². The summed E-state index contributed by atoms with van der Waals surface area (Å²) in [7, 11) is 0. The Hall–Kier alpha value is -2.66. The summed E-state index contributed by atoms with van der Waals surface area (Å²) < 4.78 is 0. The van der Waals surface area contributed by atoms with Gasteiger partial charge < -0.3 is 15.3 Å². The standard InChI is InChI=1S/C11H7NO4/c12-4-2-1-3-8-9(13)5-7(11(15)16)6-10(8)14/h5-6,13-14H,2H2,(H,15,16). The molecule has 0 heterocycles. The Balaban J connectivity index is 3.20. The van der Waals surface area contributed by atoms with Crippen LogP contribution in [0.3, 0.4) is 0 Å². The van der Waals surface area contributed by atoms with E-state index in [0.717, 1.165) is 12.1 Å². The van der Waals surface area contributed by atoms with Crippen LogP contribution in [0.4, 0.5) is 0 Å². The van der Waals surface area contributed by atoms with Gasteiger partial charge in [-0.15, -0.1) is 0 Å². The smallest absolute Gasteiger partial charge is 0.335 e.